The molecule has 1 aliphatic rings. The molecule has 3 aromatic rings. The van der Waals surface area contributed by atoms with E-state index in [1.807, 2.05) is 23.1 Å². The molecule has 0 radical (unpaired) electrons. The molecule has 2 aromatic heterocycles. The van der Waals surface area contributed by atoms with Crippen LogP contribution in [0.2, 0.25) is 0 Å². The normalized spacial score (nSPS) is 16.5. The van der Waals surface area contributed by atoms with E-state index < -0.39 is 0 Å². The summed E-state index contributed by atoms with van der Waals surface area (Å²) in [6.07, 6.45) is 6.25. The first kappa shape index (κ1) is 19.0. The number of anilines is 2. The van der Waals surface area contributed by atoms with Crippen molar-refractivity contribution in [2.75, 3.05) is 11.9 Å². The molecule has 1 amide bonds. The minimum absolute atomic E-state index is 0.0183. The molecule has 29 heavy (non-hydrogen) atoms. The van der Waals surface area contributed by atoms with Gasteiger partial charge < -0.3 is 10.2 Å². The van der Waals surface area contributed by atoms with Gasteiger partial charge in [-0.25, -0.2) is 14.4 Å². The minimum atomic E-state index is -0.327. The van der Waals surface area contributed by atoms with Gasteiger partial charge >= 0.3 is 0 Å². The van der Waals surface area contributed by atoms with Crippen LogP contribution in [0, 0.1) is 5.82 Å². The predicted molar refractivity (Wildman–Crippen MR) is 109 cm³/mol. The molecule has 7 heteroatoms. The van der Waals surface area contributed by atoms with E-state index in [0.717, 1.165) is 24.8 Å². The second-order valence-electron chi connectivity index (χ2n) is 7.10. The highest BCUT2D eigenvalue weighted by molar-refractivity contribution is 5.74. The van der Waals surface area contributed by atoms with E-state index in [1.54, 1.807) is 31.5 Å². The zero-order valence-electron chi connectivity index (χ0n) is 16.2. The molecule has 1 fully saturated rings. The fraction of sp³-hybridized carbons (Fsp3) is 0.273. The Morgan fingerprint density at radius 1 is 1.17 bits per heavy atom. The largest absolute Gasteiger partial charge is 0.340 e. The van der Waals surface area contributed by atoms with Crippen LogP contribution in [-0.2, 0) is 4.79 Å². The zero-order valence-corrected chi connectivity index (χ0v) is 16.2. The lowest BCUT2D eigenvalue weighted by Gasteiger charge is -2.34. The summed E-state index contributed by atoms with van der Waals surface area (Å²) in [5.74, 6) is 0.824. The molecule has 6 nitrogen and oxygen atoms in total. The number of amides is 1. The second-order valence-corrected chi connectivity index (χ2v) is 7.10. The molecule has 1 saturated heterocycles. The van der Waals surface area contributed by atoms with Gasteiger partial charge in [-0.3, -0.25) is 9.78 Å². The molecule has 0 spiro atoms. The van der Waals surface area contributed by atoms with Crippen LogP contribution in [0.3, 0.4) is 0 Å². The molecule has 1 N–H and O–H groups in total. The molecule has 1 atom stereocenters. The Balaban J connectivity index is 1.76. The molecule has 0 bridgehead atoms. The van der Waals surface area contributed by atoms with Crippen LogP contribution in [0.4, 0.5) is 15.9 Å². The molecule has 1 unspecified atom stereocenters. The van der Waals surface area contributed by atoms with Crippen molar-refractivity contribution in [3.05, 3.63) is 66.5 Å². The Bertz CT molecular complexity index is 1010. The molecule has 148 valence electrons. The molecule has 0 aliphatic carbocycles. The predicted octanol–water partition coefficient (Wildman–Crippen LogP) is 4.49. The molecule has 1 aromatic carbocycles. The summed E-state index contributed by atoms with van der Waals surface area (Å²) in [6, 6.07) is 11.6. The van der Waals surface area contributed by atoms with Crippen molar-refractivity contribution in [2.24, 2.45) is 0 Å². The van der Waals surface area contributed by atoms with E-state index in [2.05, 4.69) is 15.3 Å². The van der Waals surface area contributed by atoms with Crippen molar-refractivity contribution in [1.82, 2.24) is 19.9 Å². The average molecular weight is 391 g/mol. The minimum Gasteiger partial charge on any atom is -0.340 e. The van der Waals surface area contributed by atoms with Crippen molar-refractivity contribution < 1.29 is 9.18 Å². The summed E-state index contributed by atoms with van der Waals surface area (Å²) in [4.78, 5) is 27.6. The molecular weight excluding hydrogens is 369 g/mol. The van der Waals surface area contributed by atoms with Gasteiger partial charge in [-0.15, -0.1) is 0 Å². The van der Waals surface area contributed by atoms with Crippen molar-refractivity contribution in [1.29, 1.82) is 0 Å². The number of carbonyl (C=O) groups is 1. The van der Waals surface area contributed by atoms with Gasteiger partial charge in [-0.2, -0.15) is 0 Å². The summed E-state index contributed by atoms with van der Waals surface area (Å²) < 4.78 is 13.6. The van der Waals surface area contributed by atoms with Crippen LogP contribution < -0.4 is 5.32 Å². The summed E-state index contributed by atoms with van der Waals surface area (Å²) in [5, 5.41) is 3.16. The van der Waals surface area contributed by atoms with Crippen molar-refractivity contribution in [3.8, 4) is 11.3 Å². The average Bonchev–Trinajstić information content (AvgIpc) is 2.74. The number of hydrogen-bond acceptors (Lipinski definition) is 5. The van der Waals surface area contributed by atoms with Crippen molar-refractivity contribution in [3.63, 3.8) is 0 Å². The first-order valence-electron chi connectivity index (χ1n) is 9.69. The highest BCUT2D eigenvalue weighted by atomic mass is 19.1. The van der Waals surface area contributed by atoms with Gasteiger partial charge in [-0.1, -0.05) is 6.07 Å². The fourth-order valence-electron chi connectivity index (χ4n) is 3.63. The summed E-state index contributed by atoms with van der Waals surface area (Å²) in [5.41, 5.74) is 2.15. The Labute approximate surface area is 168 Å². The number of aromatic nitrogens is 3. The zero-order chi connectivity index (χ0) is 20.2. The third-order valence-corrected chi connectivity index (χ3v) is 5.00. The highest BCUT2D eigenvalue weighted by Crippen LogP contribution is 2.32. The van der Waals surface area contributed by atoms with Crippen LogP contribution in [0.15, 0.2) is 54.9 Å². The molecule has 3 heterocycles. The third kappa shape index (κ3) is 4.39. The number of benzene rings is 1. The van der Waals surface area contributed by atoms with Crippen LogP contribution in [0.25, 0.3) is 11.3 Å². The number of likely N-dealkylation sites (tertiary alicyclic amines) is 1. The standard InChI is InChI=1S/C22H22FN5O/c1-15(29)28-11-3-2-9-20(28)22-26-19(16-6-5-10-24-14-16)13-21(27-22)25-18-8-4-7-17(23)12-18/h4-8,10,12-14,20H,2-3,9,11H2,1H3,(H,25,26,27). The van der Waals surface area contributed by atoms with Gasteiger partial charge in [0.2, 0.25) is 5.91 Å². The highest BCUT2D eigenvalue weighted by Gasteiger charge is 2.28. The van der Waals surface area contributed by atoms with Gasteiger partial charge in [0.1, 0.15) is 11.6 Å². The maximum absolute atomic E-state index is 13.6. The maximum atomic E-state index is 13.6. The van der Waals surface area contributed by atoms with E-state index in [-0.39, 0.29) is 17.8 Å². The lowest BCUT2D eigenvalue weighted by molar-refractivity contribution is -0.132. The number of nitrogens with zero attached hydrogens (tertiary/aromatic N) is 4. The Morgan fingerprint density at radius 2 is 2.07 bits per heavy atom. The Morgan fingerprint density at radius 3 is 2.83 bits per heavy atom. The summed E-state index contributed by atoms with van der Waals surface area (Å²) in [6.45, 7) is 2.28. The Hall–Kier alpha value is -3.35. The number of pyridine rings is 1. The van der Waals surface area contributed by atoms with Crippen molar-refractivity contribution in [2.45, 2.75) is 32.2 Å². The quantitative estimate of drug-likeness (QED) is 0.709. The second kappa shape index (κ2) is 8.34. The maximum Gasteiger partial charge on any atom is 0.220 e. The number of piperidine rings is 1. The fourth-order valence-corrected chi connectivity index (χ4v) is 3.63. The smallest absolute Gasteiger partial charge is 0.220 e. The van der Waals surface area contributed by atoms with Crippen LogP contribution >= 0.6 is 0 Å². The van der Waals surface area contributed by atoms with E-state index in [9.17, 15) is 9.18 Å². The SMILES string of the molecule is CC(=O)N1CCCCC1c1nc(Nc2cccc(F)c2)cc(-c2cccnc2)n1. The van der Waals surface area contributed by atoms with E-state index in [1.165, 1.54) is 12.1 Å². The molecular formula is C22H22FN5O. The van der Waals surface area contributed by atoms with Crippen LogP contribution in [0.1, 0.15) is 38.1 Å². The topological polar surface area (TPSA) is 71.0 Å². The number of rotatable bonds is 4. The Kier molecular flexibility index (Phi) is 5.46. The number of halogens is 1. The van der Waals surface area contributed by atoms with Gasteiger partial charge in [-0.05, 0) is 49.6 Å². The molecule has 0 saturated carbocycles. The van der Waals surface area contributed by atoms with Crippen molar-refractivity contribution >= 4 is 17.4 Å². The number of carbonyl (C=O) groups excluding carboxylic acids is 1. The lowest BCUT2D eigenvalue weighted by Crippen LogP contribution is -2.37. The summed E-state index contributed by atoms with van der Waals surface area (Å²) in [7, 11) is 0. The van der Waals surface area contributed by atoms with Gasteiger partial charge in [0, 0.05) is 43.2 Å². The first-order chi connectivity index (χ1) is 14.1. The van der Waals surface area contributed by atoms with E-state index in [0.29, 0.717) is 29.6 Å². The van der Waals surface area contributed by atoms with Gasteiger partial charge in [0.05, 0.1) is 11.7 Å². The third-order valence-electron chi connectivity index (χ3n) is 5.00. The van der Waals surface area contributed by atoms with Gasteiger partial charge in [0.15, 0.2) is 5.82 Å². The van der Waals surface area contributed by atoms with E-state index in [4.69, 9.17) is 4.98 Å². The summed E-state index contributed by atoms with van der Waals surface area (Å²) >= 11 is 0. The van der Waals surface area contributed by atoms with Gasteiger partial charge in [0.25, 0.3) is 0 Å². The molecule has 4 rings (SSSR count). The lowest BCUT2D eigenvalue weighted by atomic mass is 10.0. The first-order valence-corrected chi connectivity index (χ1v) is 9.69. The van der Waals surface area contributed by atoms with Crippen LogP contribution in [0.5, 0.6) is 0 Å². The number of nitrogens with one attached hydrogen (secondary N) is 1. The van der Waals surface area contributed by atoms with E-state index >= 15 is 0 Å². The van der Waals surface area contributed by atoms with Crippen LogP contribution in [-0.4, -0.2) is 32.3 Å². The monoisotopic (exact) mass is 391 g/mol. The molecule has 1 aliphatic heterocycles. The number of hydrogen-bond donors (Lipinski definition) is 1.